The molecule has 0 aliphatic carbocycles. The van der Waals surface area contributed by atoms with E-state index in [-0.39, 0.29) is 18.6 Å². The first-order valence-electron chi connectivity index (χ1n) is 6.26. The second-order valence-corrected chi connectivity index (χ2v) is 5.36. The first kappa shape index (κ1) is 13.5. The molecule has 5 heteroatoms. The maximum atomic E-state index is 12.4. The summed E-state index contributed by atoms with van der Waals surface area (Å²) in [6, 6.07) is 3.39. The molecule has 0 spiro atoms. The topological polar surface area (TPSA) is 53.4 Å². The lowest BCUT2D eigenvalue weighted by Crippen LogP contribution is -2.42. The zero-order chi connectivity index (χ0) is 13.0. The highest BCUT2D eigenvalue weighted by atomic mass is 79.9. The molecule has 4 nitrogen and oxygen atoms in total. The van der Waals surface area contributed by atoms with Crippen LogP contribution >= 0.6 is 15.9 Å². The quantitative estimate of drug-likeness (QED) is 0.852. The number of pyridine rings is 1. The number of hydrogen-bond donors (Lipinski definition) is 1. The fraction of sp³-hybridized carbons (Fsp3) is 0.538. The van der Waals surface area contributed by atoms with E-state index >= 15 is 0 Å². The Morgan fingerprint density at radius 2 is 2.33 bits per heavy atom. The average molecular weight is 313 g/mol. The van der Waals surface area contributed by atoms with Gasteiger partial charge >= 0.3 is 0 Å². The van der Waals surface area contributed by atoms with Crippen molar-refractivity contribution in [3.63, 3.8) is 0 Å². The molecule has 1 fully saturated rings. The fourth-order valence-corrected chi connectivity index (χ4v) is 2.70. The van der Waals surface area contributed by atoms with E-state index in [1.807, 2.05) is 0 Å². The Balaban J connectivity index is 2.19. The van der Waals surface area contributed by atoms with Crippen molar-refractivity contribution >= 4 is 21.8 Å². The van der Waals surface area contributed by atoms with Crippen molar-refractivity contribution in [2.75, 3.05) is 13.2 Å². The number of amides is 1. The van der Waals surface area contributed by atoms with Crippen molar-refractivity contribution in [1.82, 2.24) is 9.88 Å². The highest BCUT2D eigenvalue weighted by Crippen LogP contribution is 2.20. The average Bonchev–Trinajstić information content (AvgIpc) is 2.62. The molecule has 18 heavy (non-hydrogen) atoms. The van der Waals surface area contributed by atoms with E-state index in [1.165, 1.54) is 0 Å². The minimum absolute atomic E-state index is 0.0148. The predicted molar refractivity (Wildman–Crippen MR) is 72.3 cm³/mol. The molecule has 0 bridgehead atoms. The van der Waals surface area contributed by atoms with Crippen LogP contribution in [0.25, 0.3) is 0 Å². The molecule has 1 unspecified atom stereocenters. The molecule has 1 saturated heterocycles. The minimum atomic E-state index is -0.0491. The SMILES string of the molecule is O=C(c1ccnc(Br)c1)N1CCCCCC1CO. The molecule has 1 aliphatic rings. The molecule has 1 N–H and O–H groups in total. The molecule has 98 valence electrons. The Hall–Kier alpha value is -0.940. The van der Waals surface area contributed by atoms with Gasteiger partial charge in [0.2, 0.25) is 0 Å². The summed E-state index contributed by atoms with van der Waals surface area (Å²) in [7, 11) is 0. The third-order valence-electron chi connectivity index (χ3n) is 3.32. The van der Waals surface area contributed by atoms with Crippen molar-refractivity contribution in [3.8, 4) is 0 Å². The molecule has 1 amide bonds. The van der Waals surface area contributed by atoms with Crippen LogP contribution in [0.4, 0.5) is 0 Å². The monoisotopic (exact) mass is 312 g/mol. The highest BCUT2D eigenvalue weighted by Gasteiger charge is 2.25. The van der Waals surface area contributed by atoms with Crippen LogP contribution in [0, 0.1) is 0 Å². The molecule has 1 atom stereocenters. The number of carbonyl (C=O) groups is 1. The van der Waals surface area contributed by atoms with Gasteiger partial charge in [0.1, 0.15) is 4.60 Å². The van der Waals surface area contributed by atoms with Gasteiger partial charge in [0.05, 0.1) is 12.6 Å². The Bertz CT molecular complexity index is 425. The number of aliphatic hydroxyl groups excluding tert-OH is 1. The van der Waals surface area contributed by atoms with E-state index in [0.717, 1.165) is 32.2 Å². The first-order chi connectivity index (χ1) is 8.72. The minimum Gasteiger partial charge on any atom is -0.394 e. The maximum Gasteiger partial charge on any atom is 0.254 e. The molecule has 1 aliphatic heterocycles. The molecule has 0 radical (unpaired) electrons. The van der Waals surface area contributed by atoms with Crippen LogP contribution in [0.15, 0.2) is 22.9 Å². The van der Waals surface area contributed by atoms with Crippen molar-refractivity contribution in [1.29, 1.82) is 0 Å². The number of hydrogen-bond acceptors (Lipinski definition) is 3. The van der Waals surface area contributed by atoms with Gasteiger partial charge in [-0.2, -0.15) is 0 Å². The summed E-state index contributed by atoms with van der Waals surface area (Å²) in [5.74, 6) is -0.0148. The largest absolute Gasteiger partial charge is 0.394 e. The second kappa shape index (κ2) is 6.29. The van der Waals surface area contributed by atoms with Gasteiger partial charge in [0.15, 0.2) is 0 Å². The van der Waals surface area contributed by atoms with Crippen LogP contribution in [-0.2, 0) is 0 Å². The van der Waals surface area contributed by atoms with E-state index < -0.39 is 0 Å². The Morgan fingerprint density at radius 1 is 1.50 bits per heavy atom. The normalized spacial score (nSPS) is 20.6. The van der Waals surface area contributed by atoms with Crippen LogP contribution in [0.5, 0.6) is 0 Å². The number of aliphatic hydroxyl groups is 1. The van der Waals surface area contributed by atoms with Gasteiger partial charge in [0.25, 0.3) is 5.91 Å². The van der Waals surface area contributed by atoms with E-state index in [2.05, 4.69) is 20.9 Å². The summed E-state index contributed by atoms with van der Waals surface area (Å²) in [4.78, 5) is 18.3. The lowest BCUT2D eigenvalue weighted by atomic mass is 10.1. The van der Waals surface area contributed by atoms with Crippen LogP contribution in [-0.4, -0.2) is 40.1 Å². The molecular weight excluding hydrogens is 296 g/mol. The van der Waals surface area contributed by atoms with Crippen LogP contribution < -0.4 is 0 Å². The fourth-order valence-electron chi connectivity index (χ4n) is 2.34. The van der Waals surface area contributed by atoms with Gasteiger partial charge in [-0.3, -0.25) is 4.79 Å². The molecule has 0 aromatic carbocycles. The summed E-state index contributed by atoms with van der Waals surface area (Å²) >= 11 is 3.27. The summed E-state index contributed by atoms with van der Waals surface area (Å²) in [6.07, 6.45) is 5.71. The zero-order valence-electron chi connectivity index (χ0n) is 10.2. The predicted octanol–water partition coefficient (Wildman–Crippen LogP) is 2.22. The Morgan fingerprint density at radius 3 is 3.06 bits per heavy atom. The Labute approximate surface area is 115 Å². The number of rotatable bonds is 2. The summed E-state index contributed by atoms with van der Waals surface area (Å²) in [6.45, 7) is 0.766. The number of carbonyl (C=O) groups excluding carboxylic acids is 1. The number of nitrogens with zero attached hydrogens (tertiary/aromatic N) is 2. The lowest BCUT2D eigenvalue weighted by molar-refractivity contribution is 0.0599. The van der Waals surface area contributed by atoms with Crippen molar-refractivity contribution in [2.24, 2.45) is 0 Å². The van der Waals surface area contributed by atoms with Gasteiger partial charge in [-0.05, 0) is 40.9 Å². The second-order valence-electron chi connectivity index (χ2n) is 4.55. The third-order valence-corrected chi connectivity index (χ3v) is 3.76. The first-order valence-corrected chi connectivity index (χ1v) is 7.05. The van der Waals surface area contributed by atoms with Gasteiger partial charge < -0.3 is 10.0 Å². The Kier molecular flexibility index (Phi) is 4.72. The van der Waals surface area contributed by atoms with Crippen LogP contribution in [0.2, 0.25) is 0 Å². The summed E-state index contributed by atoms with van der Waals surface area (Å²) < 4.78 is 0.656. The number of halogens is 1. The maximum absolute atomic E-state index is 12.4. The van der Waals surface area contributed by atoms with Crippen molar-refractivity contribution in [2.45, 2.75) is 31.7 Å². The summed E-state index contributed by atoms with van der Waals surface area (Å²) in [5, 5.41) is 9.42. The smallest absolute Gasteiger partial charge is 0.254 e. The molecule has 1 aromatic rings. The molecule has 0 saturated carbocycles. The van der Waals surface area contributed by atoms with Crippen LogP contribution in [0.3, 0.4) is 0 Å². The van der Waals surface area contributed by atoms with Crippen molar-refractivity contribution in [3.05, 3.63) is 28.5 Å². The molecule has 1 aromatic heterocycles. The number of aromatic nitrogens is 1. The zero-order valence-corrected chi connectivity index (χ0v) is 11.8. The van der Waals surface area contributed by atoms with E-state index in [0.29, 0.717) is 10.2 Å². The van der Waals surface area contributed by atoms with Gasteiger partial charge in [-0.15, -0.1) is 0 Å². The standard InChI is InChI=1S/C13H17BrN2O2/c14-12-8-10(5-6-15-12)13(18)16-7-3-1-2-4-11(16)9-17/h5-6,8,11,17H,1-4,7,9H2. The highest BCUT2D eigenvalue weighted by molar-refractivity contribution is 9.10. The third kappa shape index (κ3) is 3.09. The van der Waals surface area contributed by atoms with E-state index in [9.17, 15) is 9.90 Å². The van der Waals surface area contributed by atoms with Crippen LogP contribution in [0.1, 0.15) is 36.0 Å². The molecule has 2 rings (SSSR count). The van der Waals surface area contributed by atoms with Gasteiger partial charge in [-0.25, -0.2) is 4.98 Å². The lowest BCUT2D eigenvalue weighted by Gasteiger charge is -2.28. The van der Waals surface area contributed by atoms with Gasteiger partial charge in [0, 0.05) is 18.3 Å². The van der Waals surface area contributed by atoms with E-state index in [1.54, 1.807) is 23.2 Å². The molecular formula is C13H17BrN2O2. The van der Waals surface area contributed by atoms with E-state index in [4.69, 9.17) is 0 Å². The molecule has 2 heterocycles. The number of likely N-dealkylation sites (tertiary alicyclic amines) is 1. The van der Waals surface area contributed by atoms with Crippen molar-refractivity contribution < 1.29 is 9.90 Å². The summed E-state index contributed by atoms with van der Waals surface area (Å²) in [5.41, 5.74) is 0.622. The van der Waals surface area contributed by atoms with Gasteiger partial charge in [-0.1, -0.05) is 12.8 Å².